The smallest absolute Gasteiger partial charge is 0.177 e. The van der Waals surface area contributed by atoms with Gasteiger partial charge in [0.25, 0.3) is 0 Å². The van der Waals surface area contributed by atoms with Crippen LogP contribution >= 0.6 is 0 Å². The first-order valence-electron chi connectivity index (χ1n) is 5.53. The summed E-state index contributed by atoms with van der Waals surface area (Å²) in [6, 6.07) is 10.1. The molecule has 1 saturated heterocycles. The maximum Gasteiger partial charge on any atom is 0.177 e. The second kappa shape index (κ2) is 4.37. The van der Waals surface area contributed by atoms with Gasteiger partial charge in [-0.25, -0.2) is 0 Å². The minimum Gasteiger partial charge on any atom is -0.367 e. The van der Waals surface area contributed by atoms with Crippen molar-refractivity contribution in [3.05, 3.63) is 48.0 Å². The lowest BCUT2D eigenvalue weighted by Gasteiger charge is -2.22. The van der Waals surface area contributed by atoms with Crippen LogP contribution in [0, 0.1) is 0 Å². The molecule has 3 atom stereocenters. The molecule has 3 nitrogen and oxygen atoms in total. The van der Waals surface area contributed by atoms with Gasteiger partial charge in [0.05, 0.1) is 13.2 Å². The van der Waals surface area contributed by atoms with Crippen molar-refractivity contribution in [2.24, 2.45) is 0 Å². The Bertz CT molecular complexity index is 374. The number of fused-ring (bicyclic) bond motifs is 2. The zero-order chi connectivity index (χ0) is 10.8. The minimum absolute atomic E-state index is 0.0129. The highest BCUT2D eigenvalue weighted by atomic mass is 16.7. The molecule has 0 spiro atoms. The van der Waals surface area contributed by atoms with Gasteiger partial charge in [-0.2, -0.15) is 0 Å². The average Bonchev–Trinajstić information content (AvgIpc) is 2.72. The van der Waals surface area contributed by atoms with Crippen LogP contribution in [0.15, 0.2) is 42.5 Å². The average molecular weight is 218 g/mol. The van der Waals surface area contributed by atoms with Crippen molar-refractivity contribution in [1.29, 1.82) is 0 Å². The number of rotatable bonds is 3. The van der Waals surface area contributed by atoms with Crippen molar-refractivity contribution >= 4 is 0 Å². The number of ether oxygens (including phenoxy) is 3. The van der Waals surface area contributed by atoms with E-state index in [9.17, 15) is 0 Å². The number of hydrogen-bond acceptors (Lipinski definition) is 3. The third-order valence-electron chi connectivity index (χ3n) is 2.84. The summed E-state index contributed by atoms with van der Waals surface area (Å²) in [7, 11) is 0. The van der Waals surface area contributed by atoms with Crippen molar-refractivity contribution in [3.8, 4) is 0 Å². The molecular weight excluding hydrogens is 204 g/mol. The predicted molar refractivity (Wildman–Crippen MR) is 58.8 cm³/mol. The van der Waals surface area contributed by atoms with Crippen LogP contribution in [0.5, 0.6) is 0 Å². The van der Waals surface area contributed by atoms with E-state index < -0.39 is 0 Å². The topological polar surface area (TPSA) is 27.7 Å². The first-order chi connectivity index (χ1) is 7.92. The van der Waals surface area contributed by atoms with E-state index in [1.165, 1.54) is 5.56 Å². The second-order valence-corrected chi connectivity index (χ2v) is 4.02. The van der Waals surface area contributed by atoms with Crippen molar-refractivity contribution in [2.75, 3.05) is 6.61 Å². The Hall–Kier alpha value is -1.16. The maximum absolute atomic E-state index is 5.81. The van der Waals surface area contributed by atoms with E-state index in [1.54, 1.807) is 0 Å². The van der Waals surface area contributed by atoms with Crippen LogP contribution in [0.2, 0.25) is 0 Å². The third kappa shape index (κ3) is 2.02. The molecular formula is C13H14O3. The molecule has 2 aliphatic heterocycles. The minimum atomic E-state index is -0.151. The predicted octanol–water partition coefficient (Wildman–Crippen LogP) is 1.88. The molecule has 0 N–H and O–H groups in total. The van der Waals surface area contributed by atoms with E-state index in [-0.39, 0.29) is 18.5 Å². The van der Waals surface area contributed by atoms with Crippen molar-refractivity contribution in [2.45, 2.75) is 25.1 Å². The summed E-state index contributed by atoms with van der Waals surface area (Å²) < 4.78 is 16.7. The largest absolute Gasteiger partial charge is 0.367 e. The molecule has 0 aromatic heterocycles. The Balaban J connectivity index is 1.60. The SMILES string of the molecule is C1=C[C@@H](OCc2ccccc2)[C@H]2CO[C@@H]1O2. The van der Waals surface area contributed by atoms with Crippen molar-refractivity contribution in [1.82, 2.24) is 0 Å². The molecule has 2 heterocycles. The molecule has 1 fully saturated rings. The molecule has 2 aliphatic rings. The Morgan fingerprint density at radius 2 is 2.06 bits per heavy atom. The molecule has 0 unspecified atom stereocenters. The van der Waals surface area contributed by atoms with Crippen molar-refractivity contribution < 1.29 is 14.2 Å². The fraction of sp³-hybridized carbons (Fsp3) is 0.385. The van der Waals surface area contributed by atoms with Gasteiger partial charge < -0.3 is 14.2 Å². The van der Waals surface area contributed by atoms with Crippen LogP contribution in [-0.2, 0) is 20.8 Å². The molecule has 1 aromatic carbocycles. The summed E-state index contributed by atoms with van der Waals surface area (Å²) in [6.45, 7) is 1.23. The molecule has 1 aromatic rings. The first kappa shape index (κ1) is 10.0. The monoisotopic (exact) mass is 218 g/mol. The lowest BCUT2D eigenvalue weighted by molar-refractivity contribution is -0.0749. The molecule has 3 rings (SSSR count). The quantitative estimate of drug-likeness (QED) is 0.725. The number of benzene rings is 1. The summed E-state index contributed by atoms with van der Waals surface area (Å²) in [5, 5.41) is 0. The normalized spacial score (nSPS) is 31.9. The van der Waals surface area contributed by atoms with Crippen LogP contribution in [0.25, 0.3) is 0 Å². The van der Waals surface area contributed by atoms with Gasteiger partial charge in [-0.05, 0) is 11.6 Å². The fourth-order valence-corrected chi connectivity index (χ4v) is 1.97. The molecule has 84 valence electrons. The lowest BCUT2D eigenvalue weighted by atomic mass is 10.1. The first-order valence-corrected chi connectivity index (χ1v) is 5.53. The van der Waals surface area contributed by atoms with Gasteiger partial charge in [0.15, 0.2) is 6.29 Å². The summed E-state index contributed by atoms with van der Waals surface area (Å²) in [6.07, 6.45) is 3.87. The van der Waals surface area contributed by atoms with Gasteiger partial charge in [-0.1, -0.05) is 36.4 Å². The highest BCUT2D eigenvalue weighted by molar-refractivity contribution is 5.14. The molecule has 0 saturated carbocycles. The Morgan fingerprint density at radius 1 is 1.19 bits per heavy atom. The van der Waals surface area contributed by atoms with Crippen LogP contribution < -0.4 is 0 Å². The molecule has 0 amide bonds. The maximum atomic E-state index is 5.81. The second-order valence-electron chi connectivity index (χ2n) is 4.02. The van der Waals surface area contributed by atoms with Gasteiger partial charge in [-0.3, -0.25) is 0 Å². The molecule has 3 heteroatoms. The molecule has 0 radical (unpaired) electrons. The summed E-state index contributed by atoms with van der Waals surface area (Å²) in [5.74, 6) is 0. The standard InChI is InChI=1S/C13H14O3/c1-2-4-10(5-3-1)8-14-11-6-7-13-15-9-12(11)16-13/h1-7,11-13H,8-9H2/t11-,12-,13-/m1/s1. The Kier molecular flexibility index (Phi) is 2.74. The van der Waals surface area contributed by atoms with E-state index in [1.807, 2.05) is 30.4 Å². The van der Waals surface area contributed by atoms with E-state index >= 15 is 0 Å². The van der Waals surface area contributed by atoms with Gasteiger partial charge in [0.2, 0.25) is 0 Å². The molecule has 16 heavy (non-hydrogen) atoms. The van der Waals surface area contributed by atoms with Gasteiger partial charge >= 0.3 is 0 Å². The van der Waals surface area contributed by atoms with E-state index in [4.69, 9.17) is 14.2 Å². The Morgan fingerprint density at radius 3 is 2.94 bits per heavy atom. The highest BCUT2D eigenvalue weighted by Crippen LogP contribution is 2.24. The summed E-state index contributed by atoms with van der Waals surface area (Å²) in [5.41, 5.74) is 1.18. The number of hydrogen-bond donors (Lipinski definition) is 0. The van der Waals surface area contributed by atoms with Crippen molar-refractivity contribution in [3.63, 3.8) is 0 Å². The van der Waals surface area contributed by atoms with Gasteiger partial charge in [0, 0.05) is 0 Å². The zero-order valence-corrected chi connectivity index (χ0v) is 8.91. The van der Waals surface area contributed by atoms with Crippen LogP contribution in [-0.4, -0.2) is 25.1 Å². The van der Waals surface area contributed by atoms with Crippen LogP contribution in [0.1, 0.15) is 5.56 Å². The fourth-order valence-electron chi connectivity index (χ4n) is 1.97. The van der Waals surface area contributed by atoms with Crippen LogP contribution in [0.4, 0.5) is 0 Å². The van der Waals surface area contributed by atoms with E-state index in [2.05, 4.69) is 12.1 Å². The van der Waals surface area contributed by atoms with E-state index in [0.717, 1.165) is 0 Å². The summed E-state index contributed by atoms with van der Waals surface area (Å²) in [4.78, 5) is 0. The van der Waals surface area contributed by atoms with Crippen LogP contribution in [0.3, 0.4) is 0 Å². The summed E-state index contributed by atoms with van der Waals surface area (Å²) >= 11 is 0. The third-order valence-corrected chi connectivity index (χ3v) is 2.84. The zero-order valence-electron chi connectivity index (χ0n) is 8.91. The lowest BCUT2D eigenvalue weighted by Crippen LogP contribution is -2.32. The molecule has 0 aliphatic carbocycles. The van der Waals surface area contributed by atoms with Gasteiger partial charge in [-0.15, -0.1) is 0 Å². The van der Waals surface area contributed by atoms with E-state index in [0.29, 0.717) is 13.2 Å². The Labute approximate surface area is 94.6 Å². The molecule has 2 bridgehead atoms. The van der Waals surface area contributed by atoms with Gasteiger partial charge in [0.1, 0.15) is 12.2 Å². The highest BCUT2D eigenvalue weighted by Gasteiger charge is 2.34.